The minimum atomic E-state index is 0.409. The van der Waals surface area contributed by atoms with E-state index in [1.54, 1.807) is 7.05 Å². The van der Waals surface area contributed by atoms with Crippen LogP contribution in [0.4, 0.5) is 5.82 Å². The summed E-state index contributed by atoms with van der Waals surface area (Å²) in [5.74, 6) is 2.68. The first-order valence-corrected chi connectivity index (χ1v) is 8.86. The Bertz CT molecular complexity index is 676. The first-order chi connectivity index (χ1) is 12.3. The molecule has 3 rings (SSSR count). The van der Waals surface area contributed by atoms with Crippen LogP contribution in [0.3, 0.4) is 0 Å². The molecule has 0 atom stereocenters. The third-order valence-corrected chi connectivity index (χ3v) is 4.43. The molecule has 0 aliphatic carbocycles. The molecule has 0 spiro atoms. The molecule has 2 N–H and O–H groups in total. The van der Waals surface area contributed by atoms with Crippen LogP contribution in [0.5, 0.6) is 0 Å². The van der Waals surface area contributed by atoms with Crippen LogP contribution in [0.15, 0.2) is 40.0 Å². The smallest absolute Gasteiger partial charge is 0.191 e. The molecule has 1 fully saturated rings. The lowest BCUT2D eigenvalue weighted by Gasteiger charge is -2.33. The van der Waals surface area contributed by atoms with Gasteiger partial charge in [0.15, 0.2) is 11.7 Å². The van der Waals surface area contributed by atoms with Gasteiger partial charge in [-0.15, -0.1) is 0 Å². The number of pyridine rings is 1. The predicted molar refractivity (Wildman–Crippen MR) is 98.7 cm³/mol. The average molecular weight is 342 g/mol. The van der Waals surface area contributed by atoms with E-state index in [4.69, 9.17) is 4.52 Å². The SMILES string of the molecule is CCc1cc(CNC(=NC)NC2CCN(c3ccccn3)CC2)on1. The summed E-state index contributed by atoms with van der Waals surface area (Å²) in [5.41, 5.74) is 0.974. The number of hydrogen-bond acceptors (Lipinski definition) is 5. The van der Waals surface area contributed by atoms with Crippen molar-refractivity contribution in [3.05, 3.63) is 41.9 Å². The fraction of sp³-hybridized carbons (Fsp3) is 0.500. The van der Waals surface area contributed by atoms with Crippen molar-refractivity contribution in [3.8, 4) is 0 Å². The number of hydrogen-bond donors (Lipinski definition) is 2. The maximum Gasteiger partial charge on any atom is 0.191 e. The quantitative estimate of drug-likeness (QED) is 0.639. The average Bonchev–Trinajstić information content (AvgIpc) is 3.14. The molecule has 25 heavy (non-hydrogen) atoms. The first-order valence-electron chi connectivity index (χ1n) is 8.86. The van der Waals surface area contributed by atoms with E-state index in [9.17, 15) is 0 Å². The number of nitrogens with zero attached hydrogens (tertiary/aromatic N) is 4. The van der Waals surface area contributed by atoms with Crippen LogP contribution >= 0.6 is 0 Å². The van der Waals surface area contributed by atoms with Crippen molar-refractivity contribution in [2.75, 3.05) is 25.0 Å². The molecule has 1 aliphatic heterocycles. The van der Waals surface area contributed by atoms with Gasteiger partial charge >= 0.3 is 0 Å². The van der Waals surface area contributed by atoms with Gasteiger partial charge in [0, 0.05) is 38.4 Å². The van der Waals surface area contributed by atoms with Gasteiger partial charge in [0.1, 0.15) is 5.82 Å². The van der Waals surface area contributed by atoms with Gasteiger partial charge in [-0.3, -0.25) is 4.99 Å². The van der Waals surface area contributed by atoms with Crippen LogP contribution in [-0.4, -0.2) is 42.3 Å². The van der Waals surface area contributed by atoms with Crippen molar-refractivity contribution in [3.63, 3.8) is 0 Å². The molecule has 0 aromatic carbocycles. The molecule has 134 valence electrons. The van der Waals surface area contributed by atoms with E-state index < -0.39 is 0 Å². The highest BCUT2D eigenvalue weighted by Gasteiger charge is 2.20. The van der Waals surface area contributed by atoms with Crippen LogP contribution in [0.2, 0.25) is 0 Å². The van der Waals surface area contributed by atoms with Crippen LogP contribution in [0.1, 0.15) is 31.2 Å². The number of piperidine rings is 1. The Hall–Kier alpha value is -2.57. The van der Waals surface area contributed by atoms with Gasteiger partial charge in [-0.05, 0) is 31.4 Å². The molecule has 7 heteroatoms. The molecule has 0 bridgehead atoms. The Morgan fingerprint density at radius 1 is 1.36 bits per heavy atom. The van der Waals surface area contributed by atoms with E-state index >= 15 is 0 Å². The van der Waals surface area contributed by atoms with E-state index in [0.717, 1.165) is 55.6 Å². The van der Waals surface area contributed by atoms with Crippen LogP contribution < -0.4 is 15.5 Å². The van der Waals surface area contributed by atoms with Gasteiger partial charge < -0.3 is 20.1 Å². The Morgan fingerprint density at radius 2 is 2.20 bits per heavy atom. The number of guanidine groups is 1. The zero-order valence-corrected chi connectivity index (χ0v) is 14.9. The zero-order chi connectivity index (χ0) is 17.5. The third kappa shape index (κ3) is 4.71. The molecule has 0 unspecified atom stereocenters. The molecular weight excluding hydrogens is 316 g/mol. The number of aliphatic imine (C=N–C) groups is 1. The highest BCUT2D eigenvalue weighted by atomic mass is 16.5. The summed E-state index contributed by atoms with van der Waals surface area (Å²) in [5, 5.41) is 10.8. The molecule has 2 aromatic rings. The van der Waals surface area contributed by atoms with Gasteiger partial charge in [-0.25, -0.2) is 4.98 Å². The molecule has 7 nitrogen and oxygen atoms in total. The molecule has 2 aromatic heterocycles. The number of aryl methyl sites for hydroxylation is 1. The summed E-state index contributed by atoms with van der Waals surface area (Å²) < 4.78 is 5.29. The summed E-state index contributed by atoms with van der Waals surface area (Å²) in [6, 6.07) is 8.44. The molecule has 3 heterocycles. The van der Waals surface area contributed by atoms with Gasteiger partial charge in [0.05, 0.1) is 12.2 Å². The van der Waals surface area contributed by atoms with Crippen LogP contribution in [0, 0.1) is 0 Å². The Balaban J connectivity index is 1.45. The van der Waals surface area contributed by atoms with Gasteiger partial charge in [0.25, 0.3) is 0 Å². The number of rotatable bonds is 5. The topological polar surface area (TPSA) is 78.6 Å². The molecular formula is C18H26N6O. The van der Waals surface area contributed by atoms with Crippen LogP contribution in [0.25, 0.3) is 0 Å². The van der Waals surface area contributed by atoms with Crippen molar-refractivity contribution in [2.45, 2.75) is 38.8 Å². The van der Waals surface area contributed by atoms with Gasteiger partial charge in [-0.2, -0.15) is 0 Å². The largest absolute Gasteiger partial charge is 0.359 e. The molecule has 1 saturated heterocycles. The Morgan fingerprint density at radius 3 is 2.84 bits per heavy atom. The van der Waals surface area contributed by atoms with E-state index in [0.29, 0.717) is 12.6 Å². The minimum absolute atomic E-state index is 0.409. The third-order valence-electron chi connectivity index (χ3n) is 4.43. The summed E-state index contributed by atoms with van der Waals surface area (Å²) in [4.78, 5) is 11.1. The maximum atomic E-state index is 5.29. The fourth-order valence-electron chi connectivity index (χ4n) is 2.96. The van der Waals surface area contributed by atoms with Crippen LogP contribution in [-0.2, 0) is 13.0 Å². The molecule has 0 saturated carbocycles. The highest BCUT2D eigenvalue weighted by Crippen LogP contribution is 2.17. The second-order valence-electron chi connectivity index (χ2n) is 6.16. The lowest BCUT2D eigenvalue weighted by molar-refractivity contribution is 0.374. The monoisotopic (exact) mass is 342 g/mol. The van der Waals surface area contributed by atoms with E-state index in [1.165, 1.54) is 0 Å². The van der Waals surface area contributed by atoms with E-state index in [-0.39, 0.29) is 0 Å². The van der Waals surface area contributed by atoms with Crippen molar-refractivity contribution in [1.29, 1.82) is 0 Å². The summed E-state index contributed by atoms with van der Waals surface area (Å²) >= 11 is 0. The first kappa shape index (κ1) is 17.3. The standard InChI is InChI=1S/C18H26N6O/c1-3-14-12-16(25-23-14)13-21-18(19-2)22-15-7-10-24(11-8-15)17-6-4-5-9-20-17/h4-6,9,12,15H,3,7-8,10-11,13H2,1-2H3,(H2,19,21,22). The molecule has 0 amide bonds. The number of aromatic nitrogens is 2. The van der Waals surface area contributed by atoms with Crippen molar-refractivity contribution < 1.29 is 4.52 Å². The number of anilines is 1. The van der Waals surface area contributed by atoms with Crippen molar-refractivity contribution >= 4 is 11.8 Å². The lowest BCUT2D eigenvalue weighted by Crippen LogP contribution is -2.48. The molecule has 1 aliphatic rings. The number of nitrogens with one attached hydrogen (secondary N) is 2. The maximum absolute atomic E-state index is 5.29. The fourth-order valence-corrected chi connectivity index (χ4v) is 2.96. The van der Waals surface area contributed by atoms with Gasteiger partial charge in [0.2, 0.25) is 0 Å². The van der Waals surface area contributed by atoms with Crippen molar-refractivity contribution in [2.24, 2.45) is 4.99 Å². The summed E-state index contributed by atoms with van der Waals surface area (Å²) in [6.07, 6.45) is 4.84. The predicted octanol–water partition coefficient (Wildman–Crippen LogP) is 1.97. The minimum Gasteiger partial charge on any atom is -0.359 e. The highest BCUT2D eigenvalue weighted by molar-refractivity contribution is 5.79. The lowest BCUT2D eigenvalue weighted by atomic mass is 10.1. The second kappa shape index (κ2) is 8.50. The second-order valence-corrected chi connectivity index (χ2v) is 6.16. The Kier molecular flexibility index (Phi) is 5.87. The molecule has 0 radical (unpaired) electrons. The summed E-state index contributed by atoms with van der Waals surface area (Å²) in [7, 11) is 1.79. The van der Waals surface area contributed by atoms with E-state index in [2.05, 4.69) is 43.7 Å². The van der Waals surface area contributed by atoms with E-state index in [1.807, 2.05) is 24.4 Å². The van der Waals surface area contributed by atoms with Gasteiger partial charge in [-0.1, -0.05) is 18.1 Å². The summed E-state index contributed by atoms with van der Waals surface area (Å²) in [6.45, 7) is 4.63. The Labute approximate surface area is 148 Å². The van der Waals surface area contributed by atoms with Crippen molar-refractivity contribution in [1.82, 2.24) is 20.8 Å². The normalized spacial score (nSPS) is 16.1. The zero-order valence-electron chi connectivity index (χ0n) is 14.9.